The average Bonchev–Trinajstić information content (AvgIpc) is 3.25. The fourth-order valence-electron chi connectivity index (χ4n) is 4.82. The van der Waals surface area contributed by atoms with Gasteiger partial charge in [0, 0.05) is 29.6 Å². The Hall–Kier alpha value is -4.62. The molecule has 220 valence electrons. The highest BCUT2D eigenvalue weighted by Crippen LogP contribution is 2.42. The molecule has 2 atom stereocenters. The van der Waals surface area contributed by atoms with E-state index < -0.39 is 34.3 Å². The monoisotopic (exact) mass is 598 g/mol. The Balaban J connectivity index is 1.58. The Kier molecular flexibility index (Phi) is 7.80. The number of sulfonamides is 1. The maximum atomic E-state index is 13.2. The molecule has 1 aromatic heterocycles. The van der Waals surface area contributed by atoms with E-state index >= 15 is 0 Å². The van der Waals surface area contributed by atoms with E-state index in [9.17, 15) is 22.4 Å². The van der Waals surface area contributed by atoms with Crippen molar-refractivity contribution in [2.45, 2.75) is 19.1 Å². The fourth-order valence-corrected chi connectivity index (χ4v) is 5.77. The van der Waals surface area contributed by atoms with Gasteiger partial charge in [0.2, 0.25) is 10.0 Å². The Morgan fingerprint density at radius 3 is 2.33 bits per heavy atom. The van der Waals surface area contributed by atoms with Crippen LogP contribution in [-0.4, -0.2) is 58.1 Å². The molecule has 1 aliphatic heterocycles. The minimum absolute atomic E-state index is 0.194. The molecule has 2 N–H and O–H groups in total. The molecule has 0 spiro atoms. The molecule has 0 aliphatic carbocycles. The second-order valence-corrected chi connectivity index (χ2v) is 11.6. The van der Waals surface area contributed by atoms with Gasteiger partial charge >= 0.3 is 6.16 Å². The van der Waals surface area contributed by atoms with E-state index in [2.05, 4.69) is 10.1 Å². The quantitative estimate of drug-likeness (QED) is 0.270. The van der Waals surface area contributed by atoms with Gasteiger partial charge in [0.25, 0.3) is 5.91 Å². The Morgan fingerprint density at radius 1 is 1.10 bits per heavy atom. The van der Waals surface area contributed by atoms with E-state index in [-0.39, 0.29) is 41.6 Å². The highest BCUT2D eigenvalue weighted by molar-refractivity contribution is 7.92. The molecule has 11 nitrogen and oxygen atoms in total. The van der Waals surface area contributed by atoms with E-state index in [0.717, 1.165) is 10.6 Å². The zero-order valence-electron chi connectivity index (χ0n) is 22.8. The van der Waals surface area contributed by atoms with Crippen LogP contribution in [0.2, 0.25) is 0 Å². The summed E-state index contributed by atoms with van der Waals surface area (Å²) in [7, 11) is -2.36. The van der Waals surface area contributed by atoms with Gasteiger partial charge in [-0.15, -0.1) is 0 Å². The predicted molar refractivity (Wildman–Crippen MR) is 151 cm³/mol. The van der Waals surface area contributed by atoms with E-state index in [4.69, 9.17) is 19.0 Å². The number of nitrogens with one attached hydrogen (secondary N) is 1. The number of carboxylic acid groups (broad SMARTS) is 1. The molecule has 2 heterocycles. The molecule has 4 aromatic rings. The summed E-state index contributed by atoms with van der Waals surface area (Å²) in [6.07, 6.45) is -2.04. The third-order valence-corrected chi connectivity index (χ3v) is 7.87. The standard InChI is InChI=1S/C29H27FN2O9S/c1-16-22-12-23-25(13-24(22)32(42(3,36)37)14-21(39-16)15-38-29(34)35)41-27(26(23)28(33)31-2)17-4-8-19(9-5-17)40-20-10-6-18(30)7-11-20/h4-13,16,21H,14-15H2,1-3H3,(H,31,33)(H,34,35)/t16-,21-/m0/s1. The fraction of sp³-hybridized carbons (Fsp3) is 0.241. The number of carbonyl (C=O) groups is 2. The summed E-state index contributed by atoms with van der Waals surface area (Å²) in [6, 6.07) is 15.5. The van der Waals surface area contributed by atoms with Crippen molar-refractivity contribution in [1.29, 1.82) is 0 Å². The molecular weight excluding hydrogens is 571 g/mol. The SMILES string of the molecule is CNC(=O)c1c(-c2ccc(Oc3ccc(F)cc3)cc2)oc2cc3c(cc12)[C@H](C)O[C@H](COC(=O)O)CN3S(C)(=O)=O. The molecule has 3 aromatic carbocycles. The molecule has 13 heteroatoms. The topological polar surface area (TPSA) is 145 Å². The molecule has 0 unspecified atom stereocenters. The number of rotatable bonds is 7. The van der Waals surface area contributed by atoms with Gasteiger partial charge in [-0.2, -0.15) is 0 Å². The van der Waals surface area contributed by atoms with Gasteiger partial charge in [0.1, 0.15) is 41.4 Å². The summed E-state index contributed by atoms with van der Waals surface area (Å²) in [5, 5.41) is 12.0. The van der Waals surface area contributed by atoms with Gasteiger partial charge in [0.05, 0.1) is 30.2 Å². The summed E-state index contributed by atoms with van der Waals surface area (Å²) >= 11 is 0. The Labute approximate surface area is 240 Å². The van der Waals surface area contributed by atoms with Crippen LogP contribution in [0.15, 0.2) is 65.1 Å². The molecule has 0 fully saturated rings. The summed E-state index contributed by atoms with van der Waals surface area (Å²) in [6.45, 7) is 1.13. The Bertz CT molecular complexity index is 1750. The van der Waals surface area contributed by atoms with Crippen LogP contribution in [0.1, 0.15) is 28.9 Å². The second-order valence-electron chi connectivity index (χ2n) is 9.64. The van der Waals surface area contributed by atoms with E-state index in [0.29, 0.717) is 28.0 Å². The van der Waals surface area contributed by atoms with Crippen molar-refractivity contribution in [1.82, 2.24) is 5.32 Å². The number of anilines is 1. The van der Waals surface area contributed by atoms with Crippen LogP contribution in [-0.2, 0) is 19.5 Å². The van der Waals surface area contributed by atoms with Crippen molar-refractivity contribution >= 4 is 38.7 Å². The van der Waals surface area contributed by atoms with Crippen molar-refractivity contribution in [2.24, 2.45) is 0 Å². The normalized spacial score (nSPS) is 16.9. The lowest BCUT2D eigenvalue weighted by Crippen LogP contribution is -2.39. The molecule has 42 heavy (non-hydrogen) atoms. The maximum absolute atomic E-state index is 13.2. The van der Waals surface area contributed by atoms with Crippen LogP contribution in [0.4, 0.5) is 14.9 Å². The minimum Gasteiger partial charge on any atom is -0.457 e. The summed E-state index contributed by atoms with van der Waals surface area (Å²) in [5.41, 5.74) is 1.79. The largest absolute Gasteiger partial charge is 0.505 e. The van der Waals surface area contributed by atoms with Gasteiger partial charge in [-0.25, -0.2) is 17.6 Å². The van der Waals surface area contributed by atoms with E-state index in [1.165, 1.54) is 37.4 Å². The Morgan fingerprint density at radius 2 is 1.74 bits per heavy atom. The second kappa shape index (κ2) is 11.3. The van der Waals surface area contributed by atoms with Crippen LogP contribution in [0, 0.1) is 5.82 Å². The van der Waals surface area contributed by atoms with Crippen LogP contribution in [0.25, 0.3) is 22.3 Å². The van der Waals surface area contributed by atoms with Gasteiger partial charge in [-0.3, -0.25) is 9.10 Å². The smallest absolute Gasteiger partial charge is 0.457 e. The summed E-state index contributed by atoms with van der Waals surface area (Å²) in [4.78, 5) is 24.1. The molecule has 0 bridgehead atoms. The average molecular weight is 599 g/mol. The molecule has 1 aliphatic rings. The lowest BCUT2D eigenvalue weighted by atomic mass is 10.0. The number of hydrogen-bond acceptors (Lipinski definition) is 8. The number of carbonyl (C=O) groups excluding carboxylic acids is 1. The number of hydrogen-bond donors (Lipinski definition) is 2. The number of ether oxygens (including phenoxy) is 3. The van der Waals surface area contributed by atoms with Crippen molar-refractivity contribution in [2.75, 3.05) is 30.8 Å². The molecule has 0 saturated heterocycles. The van der Waals surface area contributed by atoms with Crippen LogP contribution in [0.5, 0.6) is 11.5 Å². The number of benzene rings is 3. The molecule has 1 amide bonds. The van der Waals surface area contributed by atoms with Gasteiger partial charge in [0.15, 0.2) is 0 Å². The molecule has 0 radical (unpaired) electrons. The number of furan rings is 1. The van der Waals surface area contributed by atoms with Crippen molar-refractivity contribution < 1.29 is 46.1 Å². The van der Waals surface area contributed by atoms with Crippen LogP contribution < -0.4 is 14.4 Å². The number of nitrogens with zero attached hydrogens (tertiary/aromatic N) is 1. The van der Waals surface area contributed by atoms with Crippen LogP contribution in [0.3, 0.4) is 0 Å². The number of amides is 1. The first-order valence-electron chi connectivity index (χ1n) is 12.8. The first-order valence-corrected chi connectivity index (χ1v) is 14.6. The van der Waals surface area contributed by atoms with Crippen molar-refractivity contribution in [3.05, 3.63) is 77.6 Å². The minimum atomic E-state index is -3.84. The van der Waals surface area contributed by atoms with Crippen LogP contribution >= 0.6 is 0 Å². The van der Waals surface area contributed by atoms with Crippen molar-refractivity contribution in [3.63, 3.8) is 0 Å². The third kappa shape index (κ3) is 5.87. The highest BCUT2D eigenvalue weighted by atomic mass is 32.2. The number of fused-ring (bicyclic) bond motifs is 2. The van der Waals surface area contributed by atoms with Gasteiger partial charge in [-0.05, 0) is 61.5 Å². The zero-order chi connectivity index (χ0) is 30.2. The molecule has 0 saturated carbocycles. The van der Waals surface area contributed by atoms with Crippen molar-refractivity contribution in [3.8, 4) is 22.8 Å². The summed E-state index contributed by atoms with van der Waals surface area (Å²) < 4.78 is 62.6. The predicted octanol–water partition coefficient (Wildman–Crippen LogP) is 5.31. The molecular formula is C29H27FN2O9S. The zero-order valence-corrected chi connectivity index (χ0v) is 23.6. The van der Waals surface area contributed by atoms with Gasteiger partial charge < -0.3 is 29.1 Å². The highest BCUT2D eigenvalue weighted by Gasteiger charge is 2.34. The third-order valence-electron chi connectivity index (χ3n) is 6.72. The van der Waals surface area contributed by atoms with E-state index in [1.54, 1.807) is 37.3 Å². The maximum Gasteiger partial charge on any atom is 0.505 e. The first-order chi connectivity index (χ1) is 19.9. The first kappa shape index (κ1) is 28.9. The van der Waals surface area contributed by atoms with Gasteiger partial charge in [-0.1, -0.05) is 0 Å². The lowest BCUT2D eigenvalue weighted by Gasteiger charge is -2.24. The summed E-state index contributed by atoms with van der Waals surface area (Å²) in [5.74, 6) is 0.374. The number of halogens is 1. The molecule has 5 rings (SSSR count). The lowest BCUT2D eigenvalue weighted by molar-refractivity contribution is -0.0347. The van der Waals surface area contributed by atoms with E-state index in [1.807, 2.05) is 0 Å².